The number of carbonyl (C=O) groups is 2. The Morgan fingerprint density at radius 3 is 2.29 bits per heavy atom. The first-order chi connectivity index (χ1) is 15.0. The molecule has 2 aromatic carbocycles. The first-order valence-corrected chi connectivity index (χ1v) is 11.6. The number of nitrogens with zero attached hydrogens (tertiary/aromatic N) is 2. The predicted molar refractivity (Wildman–Crippen MR) is 123 cm³/mol. The lowest BCUT2D eigenvalue weighted by Crippen LogP contribution is -2.47. The Balaban J connectivity index is 1.50. The van der Waals surface area contributed by atoms with Gasteiger partial charge in [0.15, 0.2) is 4.34 Å². The van der Waals surface area contributed by atoms with Crippen LogP contribution in [0.5, 0.6) is 0 Å². The third kappa shape index (κ3) is 7.37. The molecule has 0 aliphatic rings. The van der Waals surface area contributed by atoms with E-state index in [1.807, 2.05) is 74.5 Å². The lowest BCUT2D eigenvalue weighted by atomic mass is 10.0. The Hall–Kier alpha value is -2.91. The molecule has 0 bridgehead atoms. The molecule has 0 spiro atoms. The zero-order valence-electron chi connectivity index (χ0n) is 17.3. The third-order valence-corrected chi connectivity index (χ3v) is 6.32. The monoisotopic (exact) mass is 456 g/mol. The van der Waals surface area contributed by atoms with Crippen LogP contribution in [-0.4, -0.2) is 28.2 Å². The van der Waals surface area contributed by atoms with Gasteiger partial charge in [0, 0.05) is 5.75 Å². The molecule has 2 amide bonds. The standard InChI is InChI=1S/C22H24N4O3S2/c1-15(2)18(23-21(28)29-13-16-9-5-3-6-10-16)19(27)24-20-25-26-22(31-20)30-14-17-11-7-4-8-12-17/h3-12,15,18H,13-14H2,1-2H3,(H,23,28)(H,24,25,27)/t18-/m0/s1. The largest absolute Gasteiger partial charge is 0.445 e. The van der Waals surface area contributed by atoms with Crippen LogP contribution in [0.3, 0.4) is 0 Å². The molecule has 2 N–H and O–H groups in total. The SMILES string of the molecule is CC(C)[C@H](NC(=O)OCc1ccccc1)C(=O)Nc1nnc(SCc2ccccc2)s1. The smallest absolute Gasteiger partial charge is 0.408 e. The zero-order valence-corrected chi connectivity index (χ0v) is 18.9. The van der Waals surface area contributed by atoms with Crippen molar-refractivity contribution >= 4 is 40.2 Å². The van der Waals surface area contributed by atoms with Crippen LogP contribution < -0.4 is 10.6 Å². The topological polar surface area (TPSA) is 93.2 Å². The number of amides is 2. The Kier molecular flexibility index (Phi) is 8.43. The number of anilines is 1. The number of rotatable bonds is 9. The van der Waals surface area contributed by atoms with Crippen LogP contribution in [0, 0.1) is 5.92 Å². The summed E-state index contributed by atoms with van der Waals surface area (Å²) in [4.78, 5) is 24.9. The van der Waals surface area contributed by atoms with Gasteiger partial charge in [0.25, 0.3) is 0 Å². The van der Waals surface area contributed by atoms with Gasteiger partial charge in [-0.15, -0.1) is 10.2 Å². The van der Waals surface area contributed by atoms with E-state index in [-0.39, 0.29) is 18.4 Å². The molecule has 31 heavy (non-hydrogen) atoms. The number of hydrogen-bond acceptors (Lipinski definition) is 7. The van der Waals surface area contributed by atoms with Crippen LogP contribution in [0.15, 0.2) is 65.0 Å². The van der Waals surface area contributed by atoms with Gasteiger partial charge < -0.3 is 10.1 Å². The number of carbonyl (C=O) groups excluding carboxylic acids is 2. The Morgan fingerprint density at radius 1 is 1.00 bits per heavy atom. The van der Waals surface area contributed by atoms with E-state index < -0.39 is 12.1 Å². The molecule has 1 aromatic heterocycles. The minimum Gasteiger partial charge on any atom is -0.445 e. The van der Waals surface area contributed by atoms with Gasteiger partial charge in [-0.1, -0.05) is 97.6 Å². The number of alkyl carbamates (subject to hydrolysis) is 1. The maximum Gasteiger partial charge on any atom is 0.408 e. The number of benzene rings is 2. The van der Waals surface area contributed by atoms with E-state index in [4.69, 9.17) is 4.74 Å². The van der Waals surface area contributed by atoms with E-state index >= 15 is 0 Å². The Morgan fingerprint density at radius 2 is 1.65 bits per heavy atom. The average molecular weight is 457 g/mol. The van der Waals surface area contributed by atoms with Crippen molar-refractivity contribution < 1.29 is 14.3 Å². The molecule has 0 fully saturated rings. The molecular weight excluding hydrogens is 432 g/mol. The molecule has 0 radical (unpaired) electrons. The maximum absolute atomic E-state index is 12.7. The molecule has 9 heteroatoms. The predicted octanol–water partition coefficient (Wildman–Crippen LogP) is 4.72. The van der Waals surface area contributed by atoms with Gasteiger partial charge in [0.1, 0.15) is 12.6 Å². The zero-order chi connectivity index (χ0) is 22.1. The molecule has 0 aliphatic carbocycles. The number of nitrogens with one attached hydrogen (secondary N) is 2. The third-order valence-electron chi connectivity index (χ3n) is 4.28. The van der Waals surface area contributed by atoms with E-state index in [1.54, 1.807) is 11.8 Å². The van der Waals surface area contributed by atoms with Crippen molar-refractivity contribution in [3.63, 3.8) is 0 Å². The molecule has 0 saturated carbocycles. The summed E-state index contributed by atoms with van der Waals surface area (Å²) in [7, 11) is 0. The molecule has 7 nitrogen and oxygen atoms in total. The molecule has 0 aliphatic heterocycles. The second-order valence-corrected chi connectivity index (χ2v) is 9.26. The lowest BCUT2D eigenvalue weighted by Gasteiger charge is -2.20. The molecule has 1 atom stereocenters. The van der Waals surface area contributed by atoms with Crippen molar-refractivity contribution in [2.75, 3.05) is 5.32 Å². The molecule has 1 heterocycles. The molecule has 162 valence electrons. The second kappa shape index (κ2) is 11.5. The fourth-order valence-corrected chi connectivity index (χ4v) is 4.36. The highest BCUT2D eigenvalue weighted by atomic mass is 32.2. The van der Waals surface area contributed by atoms with Crippen LogP contribution in [0.25, 0.3) is 0 Å². The summed E-state index contributed by atoms with van der Waals surface area (Å²) in [5.41, 5.74) is 2.06. The summed E-state index contributed by atoms with van der Waals surface area (Å²) < 4.78 is 5.99. The van der Waals surface area contributed by atoms with E-state index in [0.29, 0.717) is 5.13 Å². The van der Waals surface area contributed by atoms with Crippen LogP contribution >= 0.6 is 23.1 Å². The lowest BCUT2D eigenvalue weighted by molar-refractivity contribution is -0.119. The number of hydrogen-bond donors (Lipinski definition) is 2. The molecule has 3 aromatic rings. The van der Waals surface area contributed by atoms with E-state index in [0.717, 1.165) is 15.7 Å². The minimum absolute atomic E-state index is 0.135. The van der Waals surface area contributed by atoms with Gasteiger partial charge in [-0.25, -0.2) is 4.79 Å². The van der Waals surface area contributed by atoms with E-state index in [1.165, 1.54) is 16.9 Å². The van der Waals surface area contributed by atoms with Crippen LogP contribution in [0.1, 0.15) is 25.0 Å². The Bertz CT molecular complexity index is 981. The highest BCUT2D eigenvalue weighted by Crippen LogP contribution is 2.28. The van der Waals surface area contributed by atoms with Crippen molar-refractivity contribution in [2.24, 2.45) is 5.92 Å². The van der Waals surface area contributed by atoms with Crippen LogP contribution in [-0.2, 0) is 21.9 Å². The fraction of sp³-hybridized carbons (Fsp3) is 0.273. The second-order valence-electron chi connectivity index (χ2n) is 7.06. The van der Waals surface area contributed by atoms with E-state index in [2.05, 4.69) is 20.8 Å². The summed E-state index contributed by atoms with van der Waals surface area (Å²) in [5.74, 6) is 0.277. The van der Waals surface area contributed by atoms with E-state index in [9.17, 15) is 9.59 Å². The normalized spacial score (nSPS) is 11.7. The van der Waals surface area contributed by atoms with Gasteiger partial charge in [0.2, 0.25) is 11.0 Å². The van der Waals surface area contributed by atoms with Gasteiger partial charge in [-0.05, 0) is 17.0 Å². The summed E-state index contributed by atoms with van der Waals surface area (Å²) in [5, 5.41) is 13.9. The maximum atomic E-state index is 12.7. The van der Waals surface area contributed by atoms with Crippen molar-refractivity contribution in [3.8, 4) is 0 Å². The van der Waals surface area contributed by atoms with Gasteiger partial charge >= 0.3 is 6.09 Å². The minimum atomic E-state index is -0.757. The summed E-state index contributed by atoms with van der Waals surface area (Å²) >= 11 is 2.86. The summed E-state index contributed by atoms with van der Waals surface area (Å²) in [6, 6.07) is 18.7. The first kappa shape index (κ1) is 22.8. The first-order valence-electron chi connectivity index (χ1n) is 9.79. The van der Waals surface area contributed by atoms with Crippen LogP contribution in [0.4, 0.5) is 9.93 Å². The van der Waals surface area contributed by atoms with Gasteiger partial charge in [0.05, 0.1) is 0 Å². The van der Waals surface area contributed by atoms with Crippen molar-refractivity contribution in [3.05, 3.63) is 71.8 Å². The number of aromatic nitrogens is 2. The molecular formula is C22H24N4O3S2. The van der Waals surface area contributed by atoms with Crippen molar-refractivity contribution in [1.29, 1.82) is 0 Å². The number of ether oxygens (including phenoxy) is 1. The fourth-order valence-electron chi connectivity index (χ4n) is 2.65. The highest BCUT2D eigenvalue weighted by molar-refractivity contribution is 8.00. The van der Waals surface area contributed by atoms with Crippen molar-refractivity contribution in [2.45, 2.75) is 36.6 Å². The van der Waals surface area contributed by atoms with Gasteiger partial charge in [-0.3, -0.25) is 10.1 Å². The summed E-state index contributed by atoms with van der Waals surface area (Å²) in [6.07, 6.45) is -0.644. The highest BCUT2D eigenvalue weighted by Gasteiger charge is 2.26. The number of thioether (sulfide) groups is 1. The molecule has 0 unspecified atom stereocenters. The average Bonchev–Trinajstić information content (AvgIpc) is 3.23. The molecule has 3 rings (SSSR count). The molecule has 0 saturated heterocycles. The Labute approximate surface area is 189 Å². The van der Waals surface area contributed by atoms with Crippen molar-refractivity contribution in [1.82, 2.24) is 15.5 Å². The van der Waals surface area contributed by atoms with Crippen LogP contribution in [0.2, 0.25) is 0 Å². The van der Waals surface area contributed by atoms with Gasteiger partial charge in [-0.2, -0.15) is 0 Å². The quantitative estimate of drug-likeness (QED) is 0.357. The summed E-state index contributed by atoms with van der Waals surface area (Å²) in [6.45, 7) is 3.84.